The summed E-state index contributed by atoms with van der Waals surface area (Å²) >= 11 is 0. The number of hydrogen-bond donors (Lipinski definition) is 7. The molecule has 110 heavy (non-hydrogen) atoms. The summed E-state index contributed by atoms with van der Waals surface area (Å²) in [6, 6.07) is 32.8. The molecule has 0 aromatic heterocycles. The van der Waals surface area contributed by atoms with E-state index in [1.807, 2.05) is 19.1 Å². The van der Waals surface area contributed by atoms with Gasteiger partial charge in [0.2, 0.25) is 23.4 Å². The lowest BCUT2D eigenvalue weighted by Crippen LogP contribution is -2.82. The minimum absolute atomic E-state index is 0.0110. The van der Waals surface area contributed by atoms with E-state index in [0.29, 0.717) is 60.4 Å². The first kappa shape index (κ1) is 82.5. The third kappa shape index (κ3) is 17.1. The highest BCUT2D eigenvalue weighted by atomic mass is 16.6. The summed E-state index contributed by atoms with van der Waals surface area (Å²) in [4.78, 5) is 158. The van der Waals surface area contributed by atoms with E-state index in [1.54, 1.807) is 144 Å². The molecule has 4 fully saturated rings. The lowest BCUT2D eigenvalue weighted by Gasteiger charge is -2.67. The summed E-state index contributed by atoms with van der Waals surface area (Å²) in [6.07, 6.45) is -10.4. The largest absolute Gasteiger partial charge is 0.493 e. The molecule has 5 aromatic carbocycles. The number of aliphatic hydroxyl groups excluding tert-OH is 2. The van der Waals surface area contributed by atoms with Gasteiger partial charge in [0.15, 0.2) is 28.7 Å². The van der Waals surface area contributed by atoms with Crippen molar-refractivity contribution in [3.05, 3.63) is 172 Å². The summed E-state index contributed by atoms with van der Waals surface area (Å²) < 4.78 is 42.5. The molecule has 2 saturated heterocycles. The highest BCUT2D eigenvalue weighted by Gasteiger charge is 2.78. The van der Waals surface area contributed by atoms with Gasteiger partial charge in [0.1, 0.15) is 48.3 Å². The van der Waals surface area contributed by atoms with Gasteiger partial charge in [-0.3, -0.25) is 48.1 Å². The average molecular weight is 1520 g/mol. The third-order valence-corrected chi connectivity index (χ3v) is 23.3. The Morgan fingerprint density at radius 1 is 0.791 bits per heavy atom. The standard InChI is InChI=1S/C84H101N5O21/c1-11-80(4,5)73(97)69(94)58-32-21-22-41-89(58)79(102)107-60(35-33-50-34-36-61(104-9)62(42-50)105-10)54-30-23-31-56(43-54)87-77(100)57(85)39-40-86-65(92)37-38-66(93)108-63-45-64-83(47-106-64,110-49(3)90)72-75(109-78(101)53-28-19-14-20-29-53)84(103)46-55(48(2)67(81(84,6)7)71(96)74(98)82(63,72)8)44-59(91)70(95)68(51-24-15-12-16-25-51)88-76(99)52-26-17-13-18-27-52/h12-20,23-31,34,36,42-43,55,57-58,60,63-64,68,70-72,75,95-96,103H,11,21-22,32-33,35,37-41,44-47,85H2,1-10H3,(H,86,92)(H,87,100)(H,88,99)/t55-,57-,58?,60-,63-,64+,68-,70-,71+,72-,75-,82+,83-,84+/m0/s1. The number of ketones is 4. The van der Waals surface area contributed by atoms with Crippen LogP contribution >= 0.6 is 0 Å². The highest BCUT2D eigenvalue weighted by Crippen LogP contribution is 2.65. The molecule has 8 N–H and O–H groups in total. The lowest BCUT2D eigenvalue weighted by molar-refractivity contribution is -0.346. The maximum Gasteiger partial charge on any atom is 0.411 e. The van der Waals surface area contributed by atoms with Gasteiger partial charge in [0.25, 0.3) is 5.91 Å². The summed E-state index contributed by atoms with van der Waals surface area (Å²) in [5.74, 6) is -9.53. The van der Waals surface area contributed by atoms with E-state index >= 15 is 4.79 Å². The number of Topliss-reactive ketones (excluding diaryl/α,β-unsaturated/α-hetero) is 4. The average Bonchev–Trinajstić information content (AvgIpc) is 0.667. The summed E-state index contributed by atoms with van der Waals surface area (Å²) in [5.41, 5.74) is -0.353. The Kier molecular flexibility index (Phi) is 25.9. The van der Waals surface area contributed by atoms with E-state index in [-0.39, 0.29) is 54.6 Å². The van der Waals surface area contributed by atoms with Gasteiger partial charge < -0.3 is 70.2 Å². The van der Waals surface area contributed by atoms with Crippen molar-refractivity contribution in [1.82, 2.24) is 15.5 Å². The second-order valence-electron chi connectivity index (χ2n) is 30.8. The number of carbonyl (C=O) groups is 11. The molecule has 3 aliphatic carbocycles. The predicted octanol–water partition coefficient (Wildman–Crippen LogP) is 8.89. The number of aliphatic hydroxyl groups is 3. The van der Waals surface area contributed by atoms with Crippen LogP contribution < -0.4 is 31.2 Å². The normalized spacial score (nSPS) is 25.1. The van der Waals surface area contributed by atoms with Gasteiger partial charge in [-0.15, -0.1) is 0 Å². The Balaban J connectivity index is 0.846. The van der Waals surface area contributed by atoms with E-state index in [2.05, 4.69) is 16.0 Å². The van der Waals surface area contributed by atoms with Gasteiger partial charge in [-0.05, 0) is 142 Å². The van der Waals surface area contributed by atoms with Crippen LogP contribution in [-0.4, -0.2) is 173 Å². The Morgan fingerprint density at radius 3 is 2.08 bits per heavy atom. The van der Waals surface area contributed by atoms with Crippen LogP contribution in [-0.2, 0) is 68.5 Å². The van der Waals surface area contributed by atoms with Crippen LogP contribution in [0, 0.1) is 28.1 Å². The van der Waals surface area contributed by atoms with Gasteiger partial charge in [-0.2, -0.15) is 0 Å². The van der Waals surface area contributed by atoms with Gasteiger partial charge in [-0.1, -0.05) is 125 Å². The minimum Gasteiger partial charge on any atom is -0.493 e. The number of fused-ring (bicyclic) bond motifs is 5. The molecular weight excluding hydrogens is 1410 g/mol. The lowest BCUT2D eigenvalue weighted by atomic mass is 9.44. The Labute approximate surface area is 639 Å². The highest BCUT2D eigenvalue weighted by molar-refractivity contribution is 6.41. The molecule has 10 rings (SSSR count). The van der Waals surface area contributed by atoms with E-state index in [4.69, 9.17) is 38.9 Å². The quantitative estimate of drug-likeness (QED) is 0.00976. The first-order valence-electron chi connectivity index (χ1n) is 37.5. The fourth-order valence-electron chi connectivity index (χ4n) is 16.5. The van der Waals surface area contributed by atoms with Crippen LogP contribution in [0.4, 0.5) is 10.5 Å². The number of nitrogens with one attached hydrogen (secondary N) is 3. The summed E-state index contributed by atoms with van der Waals surface area (Å²) in [7, 11) is 3.04. The molecule has 2 heterocycles. The van der Waals surface area contributed by atoms with E-state index in [9.17, 15) is 63.3 Å². The number of esters is 3. The fraction of sp³-hybridized carbons (Fsp3) is 0.488. The number of aryl methyl sites for hydroxylation is 1. The molecule has 2 bridgehead atoms. The number of ether oxygens (including phenoxy) is 7. The van der Waals surface area contributed by atoms with Crippen LogP contribution in [0.1, 0.15) is 176 Å². The maximum absolute atomic E-state index is 16.1. The van der Waals surface area contributed by atoms with E-state index in [1.165, 1.54) is 38.2 Å². The number of amides is 4. The molecule has 14 atom stereocenters. The molecule has 0 radical (unpaired) electrons. The Morgan fingerprint density at radius 2 is 1.45 bits per heavy atom. The number of benzene rings is 5. The number of piperidine rings is 1. The first-order valence-corrected chi connectivity index (χ1v) is 37.5. The van der Waals surface area contributed by atoms with Crippen LogP contribution in [0.15, 0.2) is 145 Å². The second kappa shape index (κ2) is 34.5. The Bertz CT molecular complexity index is 4300. The van der Waals surface area contributed by atoms with Crippen molar-refractivity contribution < 1.29 is 101 Å². The molecule has 2 aliphatic heterocycles. The van der Waals surface area contributed by atoms with Crippen molar-refractivity contribution in [3.63, 3.8) is 0 Å². The molecule has 26 heteroatoms. The summed E-state index contributed by atoms with van der Waals surface area (Å²) in [6.45, 7) is 12.1. The zero-order valence-corrected chi connectivity index (χ0v) is 63.9. The van der Waals surface area contributed by atoms with Gasteiger partial charge in [0, 0.05) is 61.4 Å². The maximum atomic E-state index is 16.1. The number of likely N-dealkylation sites (tertiary alicyclic amines) is 1. The molecule has 5 aliphatic rings. The van der Waals surface area contributed by atoms with Crippen molar-refractivity contribution in [2.45, 2.75) is 198 Å². The van der Waals surface area contributed by atoms with Crippen molar-refractivity contribution in [2.24, 2.45) is 33.8 Å². The van der Waals surface area contributed by atoms with Gasteiger partial charge in [0.05, 0.1) is 56.2 Å². The number of methoxy groups -OCH3 is 2. The molecule has 2 saturated carbocycles. The predicted molar refractivity (Wildman–Crippen MR) is 401 cm³/mol. The fourth-order valence-corrected chi connectivity index (χ4v) is 16.5. The van der Waals surface area contributed by atoms with E-state index in [0.717, 1.165) is 12.5 Å². The SMILES string of the molecule is CCC(C)(C)C(=O)C(=O)C1CCCCN1C(=O)O[C@@H](CCc1ccc(OC)c(OC)c1)c1cccc(NC(=O)[C@@H](N)CCNC(=O)CCC(=O)O[C@H]2C[C@H]3OC[C@@]3(OC(C)=O)[C@H]3[C@H](OC(=O)c4ccccc4)[C@]4(O)C[C@H](CC(=O)[C@H](O)[C@@H](NC(=O)c5ccccc5)c5ccccc5)C(C)=C([C@@H](O)C(=O)[C@]23C)C4(C)C)c1. The van der Waals surface area contributed by atoms with Crippen molar-refractivity contribution >= 4 is 70.5 Å². The minimum atomic E-state index is -2.43. The van der Waals surface area contributed by atoms with Crippen LogP contribution in [0.3, 0.4) is 0 Å². The number of rotatable bonds is 30. The number of nitrogens with two attached hydrogens (primary N) is 1. The van der Waals surface area contributed by atoms with Crippen LogP contribution in [0.2, 0.25) is 0 Å². The molecular formula is C84H101N5O21. The monoisotopic (exact) mass is 1520 g/mol. The number of nitrogens with zero attached hydrogens (tertiary/aromatic N) is 1. The Hall–Kier alpha value is -9.99. The van der Waals surface area contributed by atoms with Crippen LogP contribution in [0.25, 0.3) is 0 Å². The molecule has 0 spiro atoms. The van der Waals surface area contributed by atoms with Crippen LogP contribution in [0.5, 0.6) is 11.5 Å². The van der Waals surface area contributed by atoms with Gasteiger partial charge >= 0.3 is 24.0 Å². The zero-order valence-electron chi connectivity index (χ0n) is 63.9. The molecule has 4 amide bonds. The number of allylic oxidation sites excluding steroid dienone is 1. The van der Waals surface area contributed by atoms with Gasteiger partial charge in [-0.25, -0.2) is 9.59 Å². The second-order valence-corrected chi connectivity index (χ2v) is 30.8. The smallest absolute Gasteiger partial charge is 0.411 e. The third-order valence-electron chi connectivity index (χ3n) is 23.3. The topological polar surface area (TPSA) is 378 Å². The molecule has 1 unspecified atom stereocenters. The first-order chi connectivity index (χ1) is 52.2. The molecule has 26 nitrogen and oxygen atoms in total. The zero-order chi connectivity index (χ0) is 79.8. The van der Waals surface area contributed by atoms with Crippen molar-refractivity contribution in [1.29, 1.82) is 0 Å². The van der Waals surface area contributed by atoms with E-state index < -0.39 is 191 Å². The summed E-state index contributed by atoms with van der Waals surface area (Å²) in [5, 5.41) is 47.5. The molecule has 588 valence electrons. The number of anilines is 1. The molecule has 5 aromatic rings. The number of hydrogen-bond acceptors (Lipinski definition) is 22. The van der Waals surface area contributed by atoms with Crippen molar-refractivity contribution in [2.75, 3.05) is 39.2 Å². The van der Waals surface area contributed by atoms with Crippen molar-refractivity contribution in [3.8, 4) is 11.5 Å². The number of carbonyl (C=O) groups excluding carboxylic acids is 11.